The molecule has 27 heavy (non-hydrogen) atoms. The number of benzene rings is 1. The summed E-state index contributed by atoms with van der Waals surface area (Å²) in [6, 6.07) is 9.68. The van der Waals surface area contributed by atoms with Crippen LogP contribution in [-0.2, 0) is 17.9 Å². The number of carbonyl (C=O) groups excluding carboxylic acids is 2. The highest BCUT2D eigenvalue weighted by Crippen LogP contribution is 2.11. The van der Waals surface area contributed by atoms with Crippen LogP contribution in [0.25, 0.3) is 0 Å². The van der Waals surface area contributed by atoms with E-state index in [0.717, 1.165) is 13.1 Å². The van der Waals surface area contributed by atoms with Crippen molar-refractivity contribution >= 4 is 11.9 Å². The number of nitrogens with one attached hydrogen (secondary N) is 2. The van der Waals surface area contributed by atoms with Crippen molar-refractivity contribution in [3.63, 3.8) is 0 Å². The van der Waals surface area contributed by atoms with Crippen LogP contribution in [0.4, 0.5) is 9.18 Å². The zero-order valence-corrected chi connectivity index (χ0v) is 15.0. The van der Waals surface area contributed by atoms with E-state index in [1.165, 1.54) is 12.3 Å². The molecule has 0 unspecified atom stereocenters. The van der Waals surface area contributed by atoms with Crippen LogP contribution in [-0.4, -0.2) is 54.5 Å². The Morgan fingerprint density at radius 1 is 1.04 bits per heavy atom. The van der Waals surface area contributed by atoms with Crippen molar-refractivity contribution in [1.29, 1.82) is 0 Å². The van der Waals surface area contributed by atoms with Crippen LogP contribution in [0.3, 0.4) is 0 Å². The number of hydrogen-bond donors (Lipinski definition) is 2. The van der Waals surface area contributed by atoms with Crippen LogP contribution < -0.4 is 10.6 Å². The second-order valence-electron chi connectivity index (χ2n) is 6.45. The molecule has 0 spiro atoms. The van der Waals surface area contributed by atoms with Crippen molar-refractivity contribution in [2.45, 2.75) is 13.1 Å². The van der Waals surface area contributed by atoms with Crippen molar-refractivity contribution in [3.8, 4) is 0 Å². The van der Waals surface area contributed by atoms with Crippen molar-refractivity contribution < 1.29 is 18.4 Å². The number of halogens is 1. The Bertz CT molecular complexity index is 758. The van der Waals surface area contributed by atoms with Gasteiger partial charge in [-0.15, -0.1) is 0 Å². The third-order valence-corrected chi connectivity index (χ3v) is 4.44. The molecule has 2 N–H and O–H groups in total. The normalized spacial score (nSPS) is 15.4. The van der Waals surface area contributed by atoms with Crippen molar-refractivity contribution in [1.82, 2.24) is 20.4 Å². The first-order valence-electron chi connectivity index (χ1n) is 8.88. The summed E-state index contributed by atoms with van der Waals surface area (Å²) in [6.07, 6.45) is 1.52. The maximum absolute atomic E-state index is 13.7. The SMILES string of the molecule is O=C(CN1CCN(Cc2ccccc2F)CC1)NC(=O)NCc1ccco1. The highest BCUT2D eigenvalue weighted by atomic mass is 19.1. The van der Waals surface area contributed by atoms with Gasteiger partial charge in [-0.05, 0) is 18.2 Å². The third-order valence-electron chi connectivity index (χ3n) is 4.44. The number of piperazine rings is 1. The Morgan fingerprint density at radius 3 is 2.48 bits per heavy atom. The fourth-order valence-electron chi connectivity index (χ4n) is 2.97. The summed E-state index contributed by atoms with van der Waals surface area (Å²) in [4.78, 5) is 27.9. The molecule has 1 aliphatic rings. The minimum atomic E-state index is -0.547. The first-order valence-corrected chi connectivity index (χ1v) is 8.88. The molecule has 1 fully saturated rings. The van der Waals surface area contributed by atoms with E-state index in [-0.39, 0.29) is 24.8 Å². The highest BCUT2D eigenvalue weighted by molar-refractivity contribution is 5.95. The Hall–Kier alpha value is -2.71. The minimum absolute atomic E-state index is 0.154. The van der Waals surface area contributed by atoms with Crippen LogP contribution in [0, 0.1) is 5.82 Å². The van der Waals surface area contributed by atoms with E-state index < -0.39 is 6.03 Å². The van der Waals surface area contributed by atoms with E-state index in [2.05, 4.69) is 15.5 Å². The molecule has 3 rings (SSSR count). The lowest BCUT2D eigenvalue weighted by Crippen LogP contribution is -2.50. The number of amides is 3. The van der Waals surface area contributed by atoms with Gasteiger partial charge in [0.1, 0.15) is 11.6 Å². The quantitative estimate of drug-likeness (QED) is 0.803. The first-order chi connectivity index (χ1) is 13.1. The van der Waals surface area contributed by atoms with Crippen LogP contribution in [0.15, 0.2) is 47.1 Å². The molecule has 2 heterocycles. The van der Waals surface area contributed by atoms with E-state index in [9.17, 15) is 14.0 Å². The Morgan fingerprint density at radius 2 is 1.78 bits per heavy atom. The molecule has 0 bridgehead atoms. The molecule has 8 heteroatoms. The average molecular weight is 374 g/mol. The summed E-state index contributed by atoms with van der Waals surface area (Å²) in [5, 5.41) is 4.88. The fourth-order valence-corrected chi connectivity index (χ4v) is 2.97. The molecule has 0 saturated carbocycles. The van der Waals surface area contributed by atoms with Crippen LogP contribution in [0.1, 0.15) is 11.3 Å². The van der Waals surface area contributed by atoms with E-state index in [1.807, 2.05) is 11.0 Å². The molecule has 144 valence electrons. The van der Waals surface area contributed by atoms with Crippen molar-refractivity contribution in [2.24, 2.45) is 0 Å². The Balaban J connectivity index is 1.35. The largest absolute Gasteiger partial charge is 0.467 e. The maximum atomic E-state index is 13.7. The lowest BCUT2D eigenvalue weighted by molar-refractivity contribution is -0.121. The molecule has 1 aliphatic heterocycles. The molecule has 2 aromatic rings. The van der Waals surface area contributed by atoms with Gasteiger partial charge in [0, 0.05) is 38.3 Å². The molecule has 1 saturated heterocycles. The number of urea groups is 1. The standard InChI is InChI=1S/C19H23FN4O3/c20-17-6-2-1-4-15(17)13-23-7-9-24(10-8-23)14-18(25)22-19(26)21-12-16-5-3-11-27-16/h1-6,11H,7-10,12-14H2,(H2,21,22,25,26). The summed E-state index contributed by atoms with van der Waals surface area (Å²) in [7, 11) is 0. The second-order valence-corrected chi connectivity index (χ2v) is 6.45. The zero-order chi connectivity index (χ0) is 19.1. The van der Waals surface area contributed by atoms with Gasteiger partial charge in [-0.2, -0.15) is 0 Å². The van der Waals surface area contributed by atoms with Gasteiger partial charge in [-0.1, -0.05) is 18.2 Å². The number of furan rings is 1. The Labute approximate surface area is 157 Å². The fraction of sp³-hybridized carbons (Fsp3) is 0.368. The van der Waals surface area contributed by atoms with Gasteiger partial charge in [0.2, 0.25) is 5.91 Å². The molecular formula is C19H23FN4O3. The van der Waals surface area contributed by atoms with Crippen LogP contribution in [0.5, 0.6) is 0 Å². The number of carbonyl (C=O) groups is 2. The van der Waals surface area contributed by atoms with E-state index in [0.29, 0.717) is 31.0 Å². The zero-order valence-electron chi connectivity index (χ0n) is 15.0. The number of rotatable bonds is 6. The van der Waals surface area contributed by atoms with Gasteiger partial charge < -0.3 is 9.73 Å². The van der Waals surface area contributed by atoms with E-state index in [1.54, 1.807) is 24.3 Å². The average Bonchev–Trinajstić information content (AvgIpc) is 3.17. The Kier molecular flexibility index (Phi) is 6.56. The number of hydrogen-bond acceptors (Lipinski definition) is 5. The molecule has 3 amide bonds. The van der Waals surface area contributed by atoms with E-state index in [4.69, 9.17) is 4.42 Å². The maximum Gasteiger partial charge on any atom is 0.321 e. The summed E-state index contributed by atoms with van der Waals surface area (Å²) in [5.74, 6) is 0.0675. The third kappa shape index (κ3) is 5.90. The molecule has 0 aliphatic carbocycles. The lowest BCUT2D eigenvalue weighted by Gasteiger charge is -2.34. The molecule has 1 aromatic carbocycles. The van der Waals surface area contributed by atoms with Gasteiger partial charge in [0.05, 0.1) is 19.4 Å². The van der Waals surface area contributed by atoms with Crippen LogP contribution in [0.2, 0.25) is 0 Å². The molecule has 1 aromatic heterocycles. The van der Waals surface area contributed by atoms with Gasteiger partial charge in [-0.25, -0.2) is 9.18 Å². The summed E-state index contributed by atoms with van der Waals surface area (Å²) in [6.45, 7) is 3.80. The van der Waals surface area contributed by atoms with Gasteiger partial charge >= 0.3 is 6.03 Å². The van der Waals surface area contributed by atoms with Gasteiger partial charge in [0.15, 0.2) is 0 Å². The molecular weight excluding hydrogens is 351 g/mol. The summed E-state index contributed by atoms with van der Waals surface area (Å²) in [5.41, 5.74) is 0.678. The summed E-state index contributed by atoms with van der Waals surface area (Å²) >= 11 is 0. The lowest BCUT2D eigenvalue weighted by atomic mass is 10.2. The van der Waals surface area contributed by atoms with Crippen molar-refractivity contribution in [3.05, 3.63) is 59.8 Å². The van der Waals surface area contributed by atoms with E-state index >= 15 is 0 Å². The smallest absolute Gasteiger partial charge is 0.321 e. The molecule has 0 radical (unpaired) electrons. The topological polar surface area (TPSA) is 77.8 Å². The second kappa shape index (κ2) is 9.29. The predicted octanol–water partition coefficient (Wildman–Crippen LogP) is 1.56. The summed E-state index contributed by atoms with van der Waals surface area (Å²) < 4.78 is 18.8. The highest BCUT2D eigenvalue weighted by Gasteiger charge is 2.20. The van der Waals surface area contributed by atoms with Crippen LogP contribution >= 0.6 is 0 Å². The van der Waals surface area contributed by atoms with Crippen molar-refractivity contribution in [2.75, 3.05) is 32.7 Å². The number of nitrogens with zero attached hydrogens (tertiary/aromatic N) is 2. The molecule has 0 atom stereocenters. The predicted molar refractivity (Wildman–Crippen MR) is 97.2 cm³/mol. The monoisotopic (exact) mass is 374 g/mol. The minimum Gasteiger partial charge on any atom is -0.467 e. The first kappa shape index (κ1) is 19.1. The van der Waals surface area contributed by atoms with Gasteiger partial charge in [-0.3, -0.25) is 19.9 Å². The molecule has 7 nitrogen and oxygen atoms in total. The number of imide groups is 1. The van der Waals surface area contributed by atoms with Gasteiger partial charge in [0.25, 0.3) is 0 Å².